The SMILES string of the molecule is Cc1cc(NC(=O)C(C)(C)C)sc1C(=O)N1CCN(CC(=O)N2CCCC2)CC1. The van der Waals surface area contributed by atoms with Crippen molar-refractivity contribution < 1.29 is 14.4 Å². The van der Waals surface area contributed by atoms with Crippen LogP contribution in [0.2, 0.25) is 0 Å². The van der Waals surface area contributed by atoms with Gasteiger partial charge in [-0.1, -0.05) is 20.8 Å². The van der Waals surface area contributed by atoms with Crippen LogP contribution in [0.4, 0.5) is 5.00 Å². The van der Waals surface area contributed by atoms with E-state index in [-0.39, 0.29) is 17.7 Å². The normalized spacial score (nSPS) is 18.2. The Labute approximate surface area is 177 Å². The van der Waals surface area contributed by atoms with Crippen molar-refractivity contribution in [1.82, 2.24) is 14.7 Å². The van der Waals surface area contributed by atoms with Gasteiger partial charge in [0.25, 0.3) is 5.91 Å². The highest BCUT2D eigenvalue weighted by Crippen LogP contribution is 2.29. The second-order valence-electron chi connectivity index (χ2n) is 8.98. The summed E-state index contributed by atoms with van der Waals surface area (Å²) in [5.41, 5.74) is 0.404. The van der Waals surface area contributed by atoms with Crippen molar-refractivity contribution in [3.8, 4) is 0 Å². The molecule has 0 atom stereocenters. The summed E-state index contributed by atoms with van der Waals surface area (Å²) < 4.78 is 0. The molecule has 29 heavy (non-hydrogen) atoms. The van der Waals surface area contributed by atoms with Gasteiger partial charge in [-0.25, -0.2) is 0 Å². The van der Waals surface area contributed by atoms with Crippen LogP contribution in [0.3, 0.4) is 0 Å². The molecule has 0 aromatic carbocycles. The van der Waals surface area contributed by atoms with E-state index in [1.54, 1.807) is 0 Å². The Balaban J connectivity index is 1.54. The van der Waals surface area contributed by atoms with Crippen LogP contribution in [-0.2, 0) is 9.59 Å². The zero-order chi connectivity index (χ0) is 21.2. The zero-order valence-electron chi connectivity index (χ0n) is 17.9. The third kappa shape index (κ3) is 5.36. The summed E-state index contributed by atoms with van der Waals surface area (Å²) in [6, 6.07) is 1.87. The smallest absolute Gasteiger partial charge is 0.264 e. The number of likely N-dealkylation sites (tertiary alicyclic amines) is 1. The van der Waals surface area contributed by atoms with E-state index in [4.69, 9.17) is 0 Å². The van der Waals surface area contributed by atoms with Gasteiger partial charge in [0.1, 0.15) is 0 Å². The first-order chi connectivity index (χ1) is 13.6. The number of carbonyl (C=O) groups excluding carboxylic acids is 3. The fourth-order valence-corrected chi connectivity index (χ4v) is 4.60. The third-order valence-corrected chi connectivity index (χ3v) is 6.65. The topological polar surface area (TPSA) is 73.0 Å². The summed E-state index contributed by atoms with van der Waals surface area (Å²) in [4.78, 5) is 44.1. The summed E-state index contributed by atoms with van der Waals surface area (Å²) in [6.07, 6.45) is 2.21. The van der Waals surface area contributed by atoms with Gasteiger partial charge in [-0.2, -0.15) is 0 Å². The molecule has 3 heterocycles. The Morgan fingerprint density at radius 3 is 2.21 bits per heavy atom. The number of aryl methyl sites for hydroxylation is 1. The number of hydrogen-bond acceptors (Lipinski definition) is 5. The van der Waals surface area contributed by atoms with Crippen LogP contribution in [0.5, 0.6) is 0 Å². The largest absolute Gasteiger partial charge is 0.342 e. The van der Waals surface area contributed by atoms with E-state index in [0.29, 0.717) is 42.6 Å². The summed E-state index contributed by atoms with van der Waals surface area (Å²) in [6.45, 7) is 12.4. The molecule has 1 aromatic rings. The molecule has 0 aliphatic carbocycles. The highest BCUT2D eigenvalue weighted by atomic mass is 32.1. The Bertz CT molecular complexity index is 769. The Hall–Kier alpha value is -1.93. The van der Waals surface area contributed by atoms with Gasteiger partial charge in [0.05, 0.1) is 16.4 Å². The fourth-order valence-electron chi connectivity index (χ4n) is 3.57. The van der Waals surface area contributed by atoms with Gasteiger partial charge in [-0.3, -0.25) is 19.3 Å². The molecule has 2 aliphatic rings. The molecule has 160 valence electrons. The average molecular weight is 421 g/mol. The lowest BCUT2D eigenvalue weighted by Gasteiger charge is -2.35. The van der Waals surface area contributed by atoms with Gasteiger partial charge in [-0.15, -0.1) is 11.3 Å². The summed E-state index contributed by atoms with van der Waals surface area (Å²) in [7, 11) is 0. The quantitative estimate of drug-likeness (QED) is 0.812. The molecule has 0 bridgehead atoms. The number of rotatable bonds is 4. The second kappa shape index (κ2) is 8.83. The Kier molecular flexibility index (Phi) is 6.63. The van der Waals surface area contributed by atoms with Crippen LogP contribution in [0.25, 0.3) is 0 Å². The van der Waals surface area contributed by atoms with E-state index in [1.807, 2.05) is 43.6 Å². The molecule has 7 nitrogen and oxygen atoms in total. The molecule has 3 amide bonds. The third-order valence-electron chi connectivity index (χ3n) is 5.51. The minimum absolute atomic E-state index is 0.00859. The lowest BCUT2D eigenvalue weighted by atomic mass is 9.96. The van der Waals surface area contributed by atoms with E-state index in [9.17, 15) is 14.4 Å². The minimum atomic E-state index is -0.481. The van der Waals surface area contributed by atoms with E-state index >= 15 is 0 Å². The van der Waals surface area contributed by atoms with E-state index in [1.165, 1.54) is 11.3 Å². The molecule has 2 saturated heterocycles. The molecule has 0 spiro atoms. The molecule has 1 aromatic heterocycles. The number of nitrogens with zero attached hydrogens (tertiary/aromatic N) is 3. The van der Waals surface area contributed by atoms with E-state index in [2.05, 4.69) is 10.2 Å². The van der Waals surface area contributed by atoms with Crippen LogP contribution < -0.4 is 5.32 Å². The molecule has 0 unspecified atom stereocenters. The number of anilines is 1. The molecule has 0 saturated carbocycles. The number of hydrogen-bond donors (Lipinski definition) is 1. The van der Waals surface area contributed by atoms with E-state index in [0.717, 1.165) is 31.5 Å². The summed E-state index contributed by atoms with van der Waals surface area (Å²) in [5, 5.41) is 3.62. The number of nitrogens with one attached hydrogen (secondary N) is 1. The van der Waals surface area contributed by atoms with E-state index < -0.39 is 5.41 Å². The lowest BCUT2D eigenvalue weighted by molar-refractivity contribution is -0.131. The van der Waals surface area contributed by atoms with Crippen LogP contribution >= 0.6 is 11.3 Å². The molecule has 2 aliphatic heterocycles. The lowest BCUT2D eigenvalue weighted by Crippen LogP contribution is -2.51. The summed E-state index contributed by atoms with van der Waals surface area (Å²) >= 11 is 1.34. The summed E-state index contributed by atoms with van der Waals surface area (Å²) in [5.74, 6) is 0.152. The van der Waals surface area contributed by atoms with Crippen LogP contribution in [0.1, 0.15) is 48.8 Å². The molecular formula is C21H32N4O3S. The second-order valence-corrected chi connectivity index (χ2v) is 10.0. The number of thiophene rings is 1. The molecule has 2 fully saturated rings. The van der Waals surface area contributed by atoms with Crippen LogP contribution in [0.15, 0.2) is 6.07 Å². The minimum Gasteiger partial charge on any atom is -0.342 e. The highest BCUT2D eigenvalue weighted by Gasteiger charge is 2.28. The van der Waals surface area contributed by atoms with Gasteiger partial charge >= 0.3 is 0 Å². The average Bonchev–Trinajstić information content (AvgIpc) is 3.31. The standard InChI is InChI=1S/C21H32N4O3S/c1-15-13-16(22-20(28)21(2,3)4)29-18(15)19(27)25-11-9-23(10-12-25)14-17(26)24-7-5-6-8-24/h13H,5-12,14H2,1-4H3,(H,22,28). The fraction of sp³-hybridized carbons (Fsp3) is 0.667. The monoisotopic (exact) mass is 420 g/mol. The maximum atomic E-state index is 13.0. The van der Waals surface area contributed by atoms with Crippen molar-refractivity contribution in [3.05, 3.63) is 16.5 Å². The van der Waals surface area contributed by atoms with Gasteiger partial charge in [0, 0.05) is 44.7 Å². The van der Waals surface area contributed by atoms with Gasteiger partial charge in [-0.05, 0) is 31.4 Å². The van der Waals surface area contributed by atoms with Crippen molar-refractivity contribution in [1.29, 1.82) is 0 Å². The van der Waals surface area contributed by atoms with Gasteiger partial charge < -0.3 is 15.1 Å². The van der Waals surface area contributed by atoms with Crippen molar-refractivity contribution >= 4 is 34.1 Å². The maximum Gasteiger partial charge on any atom is 0.264 e. The number of carbonyl (C=O) groups is 3. The predicted octanol–water partition coefficient (Wildman–Crippen LogP) is 2.42. The van der Waals surface area contributed by atoms with Crippen molar-refractivity contribution in [2.24, 2.45) is 5.41 Å². The Morgan fingerprint density at radius 2 is 1.62 bits per heavy atom. The zero-order valence-corrected chi connectivity index (χ0v) is 18.7. The van der Waals surface area contributed by atoms with Crippen molar-refractivity contribution in [2.75, 3.05) is 51.1 Å². The first kappa shape index (κ1) is 21.8. The van der Waals surface area contributed by atoms with Crippen molar-refractivity contribution in [2.45, 2.75) is 40.5 Å². The van der Waals surface area contributed by atoms with Crippen molar-refractivity contribution in [3.63, 3.8) is 0 Å². The predicted molar refractivity (Wildman–Crippen MR) is 115 cm³/mol. The molecule has 0 radical (unpaired) electrons. The van der Waals surface area contributed by atoms with Crippen LogP contribution in [-0.4, -0.2) is 78.2 Å². The molecule has 1 N–H and O–H groups in total. The molecule has 3 rings (SSSR count). The van der Waals surface area contributed by atoms with Gasteiger partial charge in [0.15, 0.2) is 0 Å². The molecular weight excluding hydrogens is 388 g/mol. The van der Waals surface area contributed by atoms with Gasteiger partial charge in [0.2, 0.25) is 11.8 Å². The molecule has 8 heteroatoms. The Morgan fingerprint density at radius 1 is 1.00 bits per heavy atom. The highest BCUT2D eigenvalue weighted by molar-refractivity contribution is 7.18. The maximum absolute atomic E-state index is 13.0. The number of piperazine rings is 1. The van der Waals surface area contributed by atoms with Crippen LogP contribution in [0, 0.1) is 12.3 Å². The number of amides is 3. The first-order valence-corrected chi connectivity index (χ1v) is 11.2. The first-order valence-electron chi connectivity index (χ1n) is 10.4.